The normalized spacial score (nSPS) is 10.0. The van der Waals surface area contributed by atoms with Gasteiger partial charge >= 0.3 is 6.18 Å². The van der Waals surface area contributed by atoms with Gasteiger partial charge in [-0.05, 0) is 62.4 Å². The third-order valence-electron chi connectivity index (χ3n) is 4.34. The van der Waals surface area contributed by atoms with Crippen molar-refractivity contribution in [2.45, 2.75) is 26.4 Å². The van der Waals surface area contributed by atoms with Crippen LogP contribution < -0.4 is 26.5 Å². The summed E-state index contributed by atoms with van der Waals surface area (Å²) in [4.78, 5) is 9.82. The molecule has 0 aliphatic rings. The topological polar surface area (TPSA) is 141 Å². The third-order valence-corrected chi connectivity index (χ3v) is 4.34. The fraction of sp³-hybridized carbons (Fsp3) is 0.261. The number of ether oxygens (including phenoxy) is 2. The SMILES string of the molecule is CC(=O)CC#N.COc1ccc(-n2nc(C(F)(F)F)c(C)c2N)cc1.COc1ccc(NN)cc1. The highest BCUT2D eigenvalue weighted by molar-refractivity contribution is 5.77. The number of halogens is 3. The maximum absolute atomic E-state index is 12.7. The quantitative estimate of drug-likeness (QED) is 0.354. The van der Waals surface area contributed by atoms with E-state index in [2.05, 4.69) is 10.5 Å². The van der Waals surface area contributed by atoms with Crippen LogP contribution in [0.15, 0.2) is 48.5 Å². The molecule has 0 spiro atoms. The van der Waals surface area contributed by atoms with E-state index >= 15 is 0 Å². The minimum atomic E-state index is -4.52. The molecule has 0 saturated carbocycles. The number of rotatable bonds is 5. The lowest BCUT2D eigenvalue weighted by Gasteiger charge is -2.05. The number of nitriles is 1. The molecule has 0 aliphatic carbocycles. The Morgan fingerprint density at radius 3 is 1.89 bits per heavy atom. The van der Waals surface area contributed by atoms with E-state index in [0.29, 0.717) is 11.4 Å². The van der Waals surface area contributed by atoms with Gasteiger partial charge in [-0.2, -0.15) is 23.5 Å². The van der Waals surface area contributed by atoms with Crippen LogP contribution in [0, 0.1) is 18.3 Å². The van der Waals surface area contributed by atoms with Gasteiger partial charge in [0.2, 0.25) is 0 Å². The van der Waals surface area contributed by atoms with Crippen LogP contribution in [0.5, 0.6) is 11.5 Å². The van der Waals surface area contributed by atoms with E-state index in [0.717, 1.165) is 16.1 Å². The van der Waals surface area contributed by atoms with Crippen molar-refractivity contribution in [2.24, 2.45) is 5.84 Å². The van der Waals surface area contributed by atoms with E-state index in [1.807, 2.05) is 24.3 Å². The molecule has 9 nitrogen and oxygen atoms in total. The maximum atomic E-state index is 12.7. The molecule has 0 unspecified atom stereocenters. The fourth-order valence-electron chi connectivity index (χ4n) is 2.50. The number of hydrazine groups is 1. The number of benzene rings is 2. The molecule has 35 heavy (non-hydrogen) atoms. The lowest BCUT2D eigenvalue weighted by atomic mass is 10.2. The summed E-state index contributed by atoms with van der Waals surface area (Å²) >= 11 is 0. The Balaban J connectivity index is 0.000000319. The van der Waals surface area contributed by atoms with Gasteiger partial charge in [0, 0.05) is 11.3 Å². The zero-order valence-electron chi connectivity index (χ0n) is 19.7. The average Bonchev–Trinajstić information content (AvgIpc) is 3.14. The second-order valence-corrected chi connectivity index (χ2v) is 6.88. The molecule has 3 aromatic rings. The monoisotopic (exact) mass is 492 g/mol. The smallest absolute Gasteiger partial charge is 0.435 e. The van der Waals surface area contributed by atoms with Crippen molar-refractivity contribution in [3.8, 4) is 23.3 Å². The standard InChI is InChI=1S/C12H12F3N3O.C7H10N2O.C4H5NO/c1-7-10(12(13,14)15)17-18(11(7)16)8-3-5-9(19-2)6-4-8;1-10-7-4-2-6(9-8)3-5-7;1-4(6)2-3-5/h3-6H,16H2,1-2H3;2-5,9H,8H2,1H3;2H2,1H3. The van der Waals surface area contributed by atoms with E-state index in [-0.39, 0.29) is 23.6 Å². The van der Waals surface area contributed by atoms with Crippen molar-refractivity contribution in [3.63, 3.8) is 0 Å². The second-order valence-electron chi connectivity index (χ2n) is 6.88. The number of carbonyl (C=O) groups is 1. The summed E-state index contributed by atoms with van der Waals surface area (Å²) in [7, 11) is 3.13. The number of nitrogen functional groups attached to an aromatic ring is 2. The Kier molecular flexibility index (Phi) is 11.1. The van der Waals surface area contributed by atoms with Crippen LogP contribution in [0.25, 0.3) is 5.69 Å². The van der Waals surface area contributed by atoms with Gasteiger partial charge in [0.05, 0.1) is 32.4 Å². The molecular weight excluding hydrogens is 465 g/mol. The number of nitrogens with one attached hydrogen (secondary N) is 1. The summed E-state index contributed by atoms with van der Waals surface area (Å²) in [6.07, 6.45) is -4.48. The van der Waals surface area contributed by atoms with E-state index in [9.17, 15) is 18.0 Å². The number of nitrogens with zero attached hydrogens (tertiary/aromatic N) is 3. The largest absolute Gasteiger partial charge is 0.497 e. The molecule has 0 bridgehead atoms. The number of hydrogen-bond donors (Lipinski definition) is 3. The number of carbonyl (C=O) groups excluding carboxylic acids is 1. The lowest BCUT2D eigenvalue weighted by molar-refractivity contribution is -0.141. The third kappa shape index (κ3) is 8.90. The van der Waals surface area contributed by atoms with E-state index < -0.39 is 11.9 Å². The molecule has 0 aliphatic heterocycles. The van der Waals surface area contributed by atoms with Crippen LogP contribution in [0.3, 0.4) is 0 Å². The van der Waals surface area contributed by atoms with Gasteiger partial charge in [0.25, 0.3) is 0 Å². The van der Waals surface area contributed by atoms with Crippen LogP contribution >= 0.6 is 0 Å². The number of hydrogen-bond acceptors (Lipinski definition) is 8. The van der Waals surface area contributed by atoms with Crippen molar-refractivity contribution in [2.75, 3.05) is 25.4 Å². The lowest BCUT2D eigenvalue weighted by Crippen LogP contribution is -2.08. The van der Waals surface area contributed by atoms with E-state index in [1.165, 1.54) is 21.0 Å². The number of methoxy groups -OCH3 is 2. The number of Topliss-reactive ketones (excluding diaryl/α,β-unsaturated/α-hetero) is 1. The Morgan fingerprint density at radius 2 is 1.57 bits per heavy atom. The van der Waals surface area contributed by atoms with Crippen molar-refractivity contribution >= 4 is 17.3 Å². The minimum absolute atomic E-state index is 0.0301. The summed E-state index contributed by atoms with van der Waals surface area (Å²) in [5, 5.41) is 11.3. The van der Waals surface area contributed by atoms with Crippen molar-refractivity contribution in [1.82, 2.24) is 9.78 Å². The van der Waals surface area contributed by atoms with Gasteiger partial charge in [-0.1, -0.05) is 0 Å². The molecular formula is C23H27F3N6O3. The van der Waals surface area contributed by atoms with Crippen LogP contribution in [0.2, 0.25) is 0 Å². The predicted octanol–water partition coefficient (Wildman–Crippen LogP) is 4.26. The Bertz CT molecular complexity index is 1100. The van der Waals surface area contributed by atoms with Gasteiger partial charge < -0.3 is 20.6 Å². The maximum Gasteiger partial charge on any atom is 0.435 e. The highest BCUT2D eigenvalue weighted by Crippen LogP contribution is 2.34. The highest BCUT2D eigenvalue weighted by Gasteiger charge is 2.37. The Labute approximate surface area is 201 Å². The first kappa shape index (κ1) is 28.8. The molecule has 1 heterocycles. The van der Waals surface area contributed by atoms with Gasteiger partial charge in [-0.3, -0.25) is 10.6 Å². The summed E-state index contributed by atoms with van der Waals surface area (Å²) in [6.45, 7) is 2.69. The van der Waals surface area contributed by atoms with Crippen LogP contribution in [-0.4, -0.2) is 29.8 Å². The van der Waals surface area contributed by atoms with Gasteiger partial charge in [0.15, 0.2) is 5.69 Å². The van der Waals surface area contributed by atoms with Gasteiger partial charge in [-0.15, -0.1) is 0 Å². The molecule has 0 atom stereocenters. The second kappa shape index (κ2) is 13.5. The Hall–Kier alpha value is -4.24. The first-order valence-electron chi connectivity index (χ1n) is 10.0. The number of nitrogens with two attached hydrogens (primary N) is 2. The molecule has 1 aromatic heterocycles. The van der Waals surface area contributed by atoms with Crippen LogP contribution in [0.4, 0.5) is 24.7 Å². The Morgan fingerprint density at radius 1 is 1.09 bits per heavy atom. The molecule has 188 valence electrons. The summed E-state index contributed by atoms with van der Waals surface area (Å²) in [5.41, 5.74) is 8.46. The summed E-state index contributed by atoms with van der Waals surface area (Å²) < 4.78 is 49.2. The number of alkyl halides is 3. The first-order valence-corrected chi connectivity index (χ1v) is 10.0. The first-order chi connectivity index (χ1) is 16.5. The van der Waals surface area contributed by atoms with Gasteiger partial charge in [0.1, 0.15) is 23.1 Å². The van der Waals surface area contributed by atoms with Crippen molar-refractivity contribution in [3.05, 3.63) is 59.8 Å². The summed E-state index contributed by atoms with van der Waals surface area (Å²) in [6, 6.07) is 15.5. The van der Waals surface area contributed by atoms with Crippen molar-refractivity contribution < 1.29 is 27.4 Å². The van der Waals surface area contributed by atoms with E-state index in [1.54, 1.807) is 37.4 Å². The summed E-state index contributed by atoms with van der Waals surface area (Å²) in [5.74, 6) is 6.48. The number of ketones is 1. The van der Waals surface area contributed by atoms with Crippen LogP contribution in [0.1, 0.15) is 24.6 Å². The number of aromatic nitrogens is 2. The molecule has 0 saturated heterocycles. The molecule has 12 heteroatoms. The molecule has 0 radical (unpaired) electrons. The van der Waals surface area contributed by atoms with Gasteiger partial charge in [-0.25, -0.2) is 4.68 Å². The predicted molar refractivity (Wildman–Crippen MR) is 126 cm³/mol. The molecule has 0 amide bonds. The molecule has 2 aromatic carbocycles. The molecule has 0 fully saturated rings. The molecule has 3 rings (SSSR count). The average molecular weight is 493 g/mol. The van der Waals surface area contributed by atoms with E-state index in [4.69, 9.17) is 26.3 Å². The van der Waals surface area contributed by atoms with Crippen LogP contribution in [-0.2, 0) is 11.0 Å². The van der Waals surface area contributed by atoms with Crippen molar-refractivity contribution in [1.29, 1.82) is 5.26 Å². The fourth-order valence-corrected chi connectivity index (χ4v) is 2.50. The highest BCUT2D eigenvalue weighted by atomic mass is 19.4. The zero-order chi connectivity index (χ0) is 26.6. The molecule has 5 N–H and O–H groups in total. The minimum Gasteiger partial charge on any atom is -0.497 e. The number of anilines is 2. The zero-order valence-corrected chi connectivity index (χ0v) is 19.7.